The van der Waals surface area contributed by atoms with E-state index in [1.807, 2.05) is 73.7 Å². The molecule has 0 spiro atoms. The molecular weight excluding hydrogens is 326 g/mol. The van der Waals surface area contributed by atoms with E-state index in [4.69, 9.17) is 9.47 Å². The topological polar surface area (TPSA) is 47.6 Å². The van der Waals surface area contributed by atoms with Gasteiger partial charge in [0.25, 0.3) is 5.91 Å². The molecular formula is C22H23NO3. The predicted molar refractivity (Wildman–Crippen MR) is 105 cm³/mol. The molecule has 1 amide bonds. The normalized spacial score (nSPS) is 11.8. The maximum Gasteiger partial charge on any atom is 0.262 e. The van der Waals surface area contributed by atoms with Gasteiger partial charge in [-0.2, -0.15) is 0 Å². The summed E-state index contributed by atoms with van der Waals surface area (Å²) in [6, 6.07) is 21.2. The highest BCUT2D eigenvalue weighted by Crippen LogP contribution is 2.21. The summed E-state index contributed by atoms with van der Waals surface area (Å²) in [5.74, 6) is 1.27. The number of rotatable bonds is 7. The smallest absolute Gasteiger partial charge is 0.262 e. The number of benzene rings is 3. The van der Waals surface area contributed by atoms with Crippen LogP contribution in [-0.2, 0) is 4.79 Å². The molecule has 0 saturated heterocycles. The first kappa shape index (κ1) is 17.8. The first-order valence-corrected chi connectivity index (χ1v) is 8.82. The van der Waals surface area contributed by atoms with Gasteiger partial charge in [0.2, 0.25) is 0 Å². The minimum atomic E-state index is -0.200. The standard InChI is InChI=1S/C22H23NO3/c1-3-16(2)26-20-12-9-19(10-13-20)23-22(24)15-25-21-11-8-17-6-4-5-7-18(17)14-21/h4-14,16H,3,15H2,1-2H3,(H,23,24). The second-order valence-electron chi connectivity index (χ2n) is 6.21. The lowest BCUT2D eigenvalue weighted by Gasteiger charge is -2.13. The van der Waals surface area contributed by atoms with Crippen molar-refractivity contribution in [2.75, 3.05) is 11.9 Å². The SMILES string of the molecule is CCC(C)Oc1ccc(NC(=O)COc2ccc3ccccc3c2)cc1. The van der Waals surface area contributed by atoms with E-state index in [1.54, 1.807) is 0 Å². The van der Waals surface area contributed by atoms with Crippen molar-refractivity contribution in [2.45, 2.75) is 26.4 Å². The number of anilines is 1. The Morgan fingerprint density at radius 3 is 2.38 bits per heavy atom. The molecule has 1 atom stereocenters. The highest BCUT2D eigenvalue weighted by Gasteiger charge is 2.06. The van der Waals surface area contributed by atoms with Crippen molar-refractivity contribution in [3.8, 4) is 11.5 Å². The number of hydrogen-bond donors (Lipinski definition) is 1. The number of fused-ring (bicyclic) bond motifs is 1. The van der Waals surface area contributed by atoms with Crippen molar-refractivity contribution >= 4 is 22.4 Å². The fraction of sp³-hybridized carbons (Fsp3) is 0.227. The van der Waals surface area contributed by atoms with Crippen LogP contribution >= 0.6 is 0 Å². The molecule has 3 aromatic carbocycles. The molecule has 0 aliphatic heterocycles. The van der Waals surface area contributed by atoms with Gasteiger partial charge < -0.3 is 14.8 Å². The van der Waals surface area contributed by atoms with Gasteiger partial charge in [0.15, 0.2) is 6.61 Å². The van der Waals surface area contributed by atoms with Crippen LogP contribution in [0.1, 0.15) is 20.3 Å². The van der Waals surface area contributed by atoms with Crippen LogP contribution in [0.4, 0.5) is 5.69 Å². The summed E-state index contributed by atoms with van der Waals surface area (Å²) in [6.45, 7) is 4.07. The molecule has 0 radical (unpaired) electrons. The monoisotopic (exact) mass is 349 g/mol. The minimum Gasteiger partial charge on any atom is -0.491 e. The lowest BCUT2D eigenvalue weighted by molar-refractivity contribution is -0.118. The molecule has 0 aromatic heterocycles. The van der Waals surface area contributed by atoms with Gasteiger partial charge in [0.1, 0.15) is 11.5 Å². The van der Waals surface area contributed by atoms with Crippen LogP contribution in [0.3, 0.4) is 0 Å². The first-order valence-electron chi connectivity index (χ1n) is 8.82. The van der Waals surface area contributed by atoms with Crippen molar-refractivity contribution in [1.82, 2.24) is 0 Å². The van der Waals surface area contributed by atoms with E-state index in [1.165, 1.54) is 0 Å². The molecule has 0 aliphatic rings. The van der Waals surface area contributed by atoms with Crippen LogP contribution in [0.2, 0.25) is 0 Å². The van der Waals surface area contributed by atoms with Gasteiger partial charge in [-0.1, -0.05) is 37.3 Å². The van der Waals surface area contributed by atoms with Gasteiger partial charge in [-0.05, 0) is 60.5 Å². The molecule has 26 heavy (non-hydrogen) atoms. The van der Waals surface area contributed by atoms with Crippen LogP contribution < -0.4 is 14.8 Å². The van der Waals surface area contributed by atoms with Crippen LogP contribution in [0.15, 0.2) is 66.7 Å². The summed E-state index contributed by atoms with van der Waals surface area (Å²) in [7, 11) is 0. The van der Waals surface area contributed by atoms with Gasteiger partial charge >= 0.3 is 0 Å². The van der Waals surface area contributed by atoms with E-state index < -0.39 is 0 Å². The Hall–Kier alpha value is -3.01. The van der Waals surface area contributed by atoms with Crippen molar-refractivity contribution in [3.63, 3.8) is 0 Å². The van der Waals surface area contributed by atoms with Gasteiger partial charge in [-0.3, -0.25) is 4.79 Å². The largest absolute Gasteiger partial charge is 0.491 e. The summed E-state index contributed by atoms with van der Waals surface area (Å²) < 4.78 is 11.3. The highest BCUT2D eigenvalue weighted by atomic mass is 16.5. The Labute approximate surface area is 153 Å². The molecule has 4 nitrogen and oxygen atoms in total. The third-order valence-corrected chi connectivity index (χ3v) is 4.14. The van der Waals surface area contributed by atoms with Crippen LogP contribution in [-0.4, -0.2) is 18.6 Å². The van der Waals surface area contributed by atoms with Crippen LogP contribution in [0.5, 0.6) is 11.5 Å². The van der Waals surface area contributed by atoms with Gasteiger partial charge in [0.05, 0.1) is 6.10 Å². The molecule has 134 valence electrons. The van der Waals surface area contributed by atoms with E-state index in [0.717, 1.165) is 22.9 Å². The molecule has 4 heteroatoms. The number of carbonyl (C=O) groups is 1. The molecule has 0 bridgehead atoms. The van der Waals surface area contributed by atoms with Crippen LogP contribution in [0, 0.1) is 0 Å². The van der Waals surface area contributed by atoms with Gasteiger partial charge in [-0.15, -0.1) is 0 Å². The number of carbonyl (C=O) groups excluding carboxylic acids is 1. The predicted octanol–water partition coefficient (Wildman–Crippen LogP) is 5.03. The molecule has 0 fully saturated rings. The summed E-state index contributed by atoms with van der Waals surface area (Å²) in [5.41, 5.74) is 0.716. The molecule has 0 saturated carbocycles. The summed E-state index contributed by atoms with van der Waals surface area (Å²) in [6.07, 6.45) is 1.12. The van der Waals surface area contributed by atoms with Crippen molar-refractivity contribution in [3.05, 3.63) is 66.7 Å². The van der Waals surface area contributed by atoms with Crippen molar-refractivity contribution in [2.24, 2.45) is 0 Å². The van der Waals surface area contributed by atoms with Crippen molar-refractivity contribution in [1.29, 1.82) is 0 Å². The van der Waals surface area contributed by atoms with Crippen molar-refractivity contribution < 1.29 is 14.3 Å². The lowest BCUT2D eigenvalue weighted by atomic mass is 10.1. The molecule has 0 aliphatic carbocycles. The molecule has 1 N–H and O–H groups in total. The van der Waals surface area contributed by atoms with Gasteiger partial charge in [0, 0.05) is 5.69 Å². The van der Waals surface area contributed by atoms with E-state index in [2.05, 4.69) is 12.2 Å². The van der Waals surface area contributed by atoms with Crippen LogP contribution in [0.25, 0.3) is 10.8 Å². The summed E-state index contributed by atoms with van der Waals surface area (Å²) in [5, 5.41) is 5.05. The maximum absolute atomic E-state index is 12.1. The molecule has 1 unspecified atom stereocenters. The van der Waals surface area contributed by atoms with Gasteiger partial charge in [-0.25, -0.2) is 0 Å². The minimum absolute atomic E-state index is 0.0382. The average molecular weight is 349 g/mol. The van der Waals surface area contributed by atoms with E-state index in [0.29, 0.717) is 11.4 Å². The molecule has 3 aromatic rings. The number of nitrogens with one attached hydrogen (secondary N) is 1. The summed E-state index contributed by atoms with van der Waals surface area (Å²) >= 11 is 0. The summed E-state index contributed by atoms with van der Waals surface area (Å²) in [4.78, 5) is 12.1. The third kappa shape index (κ3) is 4.76. The second-order valence-corrected chi connectivity index (χ2v) is 6.21. The maximum atomic E-state index is 12.1. The lowest BCUT2D eigenvalue weighted by Crippen LogP contribution is -2.20. The zero-order valence-electron chi connectivity index (χ0n) is 15.1. The Bertz CT molecular complexity index is 874. The van der Waals surface area contributed by atoms with E-state index >= 15 is 0 Å². The number of ether oxygens (including phenoxy) is 2. The van der Waals surface area contributed by atoms with E-state index in [9.17, 15) is 4.79 Å². The Morgan fingerprint density at radius 1 is 0.962 bits per heavy atom. The Morgan fingerprint density at radius 2 is 1.65 bits per heavy atom. The fourth-order valence-electron chi connectivity index (χ4n) is 2.54. The Balaban J connectivity index is 1.53. The number of hydrogen-bond acceptors (Lipinski definition) is 3. The quantitative estimate of drug-likeness (QED) is 0.650. The molecule has 0 heterocycles. The zero-order valence-corrected chi connectivity index (χ0v) is 15.1. The number of amides is 1. The highest BCUT2D eigenvalue weighted by molar-refractivity contribution is 5.92. The average Bonchev–Trinajstić information content (AvgIpc) is 2.67. The zero-order chi connectivity index (χ0) is 18.4. The second kappa shape index (κ2) is 8.39. The third-order valence-electron chi connectivity index (χ3n) is 4.14. The Kier molecular flexibility index (Phi) is 5.74. The first-order chi connectivity index (χ1) is 12.6. The van der Waals surface area contributed by atoms with E-state index in [-0.39, 0.29) is 18.6 Å². The molecule has 3 rings (SSSR count). The fourth-order valence-corrected chi connectivity index (χ4v) is 2.54.